The minimum Gasteiger partial charge on any atom is -0.489 e. The Morgan fingerprint density at radius 1 is 1.11 bits per heavy atom. The summed E-state index contributed by atoms with van der Waals surface area (Å²) in [6.45, 7) is 1.38. The molecule has 0 aliphatic rings. The van der Waals surface area contributed by atoms with Crippen molar-refractivity contribution in [1.82, 2.24) is 15.6 Å². The first-order valence-electron chi connectivity index (χ1n) is 8.74. The minimum absolute atomic E-state index is 0. The van der Waals surface area contributed by atoms with Gasteiger partial charge >= 0.3 is 0 Å². The average molecular weight is 500 g/mol. The van der Waals surface area contributed by atoms with Crippen LogP contribution in [0.3, 0.4) is 0 Å². The molecule has 3 rings (SSSR count). The van der Waals surface area contributed by atoms with Crippen LogP contribution in [0.25, 0.3) is 10.9 Å². The summed E-state index contributed by atoms with van der Waals surface area (Å²) in [5, 5.41) is 7.55. The van der Waals surface area contributed by atoms with E-state index < -0.39 is 11.6 Å². The molecule has 0 bridgehead atoms. The Bertz CT molecular complexity index is 929. The van der Waals surface area contributed by atoms with Crippen LogP contribution in [0.15, 0.2) is 53.7 Å². The lowest BCUT2D eigenvalue weighted by molar-refractivity contribution is 0.304. The summed E-state index contributed by atoms with van der Waals surface area (Å²) in [5.41, 5.74) is 2.36. The third-order valence-corrected chi connectivity index (χ3v) is 4.13. The average Bonchev–Trinajstić information content (AvgIpc) is 3.08. The van der Waals surface area contributed by atoms with Gasteiger partial charge in [0.05, 0.1) is 6.54 Å². The maximum Gasteiger partial charge on any atom is 0.191 e. The molecule has 0 amide bonds. The molecule has 5 nitrogen and oxygen atoms in total. The smallest absolute Gasteiger partial charge is 0.191 e. The van der Waals surface area contributed by atoms with E-state index in [2.05, 4.69) is 32.7 Å². The second-order valence-corrected chi connectivity index (χ2v) is 5.96. The fourth-order valence-electron chi connectivity index (χ4n) is 2.80. The third-order valence-electron chi connectivity index (χ3n) is 4.13. The number of aromatic amines is 1. The Hall–Kier alpha value is -2.36. The van der Waals surface area contributed by atoms with Crippen molar-refractivity contribution in [3.8, 4) is 5.75 Å². The zero-order valence-corrected chi connectivity index (χ0v) is 17.8. The number of guanidine groups is 1. The number of H-pyrrole nitrogens is 1. The predicted octanol–water partition coefficient (Wildman–Crippen LogP) is 3.85. The second-order valence-electron chi connectivity index (χ2n) is 5.96. The number of benzene rings is 2. The highest BCUT2D eigenvalue weighted by Gasteiger charge is 2.06. The summed E-state index contributed by atoms with van der Waals surface area (Å²) in [7, 11) is 1.68. The van der Waals surface area contributed by atoms with Crippen LogP contribution < -0.4 is 15.4 Å². The maximum absolute atomic E-state index is 13.5. The largest absolute Gasteiger partial charge is 0.489 e. The molecule has 3 N–H and O–H groups in total. The molecule has 0 radical (unpaired) electrons. The van der Waals surface area contributed by atoms with Crippen LogP contribution >= 0.6 is 24.0 Å². The minimum atomic E-state index is -0.712. The second kappa shape index (κ2) is 10.8. The van der Waals surface area contributed by atoms with E-state index in [1.165, 1.54) is 17.0 Å². The fraction of sp³-hybridized carbons (Fsp3) is 0.250. The van der Waals surface area contributed by atoms with Crippen molar-refractivity contribution in [2.45, 2.75) is 6.42 Å². The van der Waals surface area contributed by atoms with Gasteiger partial charge < -0.3 is 20.4 Å². The number of hydrogen-bond donors (Lipinski definition) is 3. The number of fused-ring (bicyclic) bond motifs is 1. The molecule has 2 aromatic carbocycles. The van der Waals surface area contributed by atoms with Crippen molar-refractivity contribution >= 4 is 40.8 Å². The van der Waals surface area contributed by atoms with Gasteiger partial charge in [-0.15, -0.1) is 24.0 Å². The molecule has 0 atom stereocenters. The molecule has 0 unspecified atom stereocenters. The molecule has 0 fully saturated rings. The van der Waals surface area contributed by atoms with E-state index in [9.17, 15) is 8.78 Å². The first-order valence-corrected chi connectivity index (χ1v) is 8.74. The molecule has 3 aromatic rings. The number of nitrogens with one attached hydrogen (secondary N) is 3. The molecule has 1 heterocycles. The van der Waals surface area contributed by atoms with Gasteiger partial charge in [0.25, 0.3) is 0 Å². The number of nitrogens with zero attached hydrogens (tertiary/aromatic N) is 1. The first kappa shape index (κ1) is 21.9. The summed E-state index contributed by atoms with van der Waals surface area (Å²) < 4.78 is 31.7. The third kappa shape index (κ3) is 5.82. The molecule has 1 aromatic heterocycles. The lowest BCUT2D eigenvalue weighted by atomic mass is 10.1. The van der Waals surface area contributed by atoms with E-state index >= 15 is 0 Å². The fourth-order valence-corrected chi connectivity index (χ4v) is 2.80. The van der Waals surface area contributed by atoms with Crippen molar-refractivity contribution in [1.29, 1.82) is 0 Å². The standard InChI is InChI=1S/C20H22F2N4O.HI/c1-23-20(25-10-11-27-19-7-6-15(21)12-17(19)22)24-9-8-14-13-26-18-5-3-2-4-16(14)18;/h2-7,12-13,26H,8-11H2,1H3,(H2,23,24,25);1H. The maximum atomic E-state index is 13.5. The summed E-state index contributed by atoms with van der Waals surface area (Å²) >= 11 is 0. The SMILES string of the molecule is CN=C(NCCOc1ccc(F)cc1F)NCCc1c[nH]c2ccccc12.I. The van der Waals surface area contributed by atoms with Crippen molar-refractivity contribution < 1.29 is 13.5 Å². The summed E-state index contributed by atoms with van der Waals surface area (Å²) in [6.07, 6.45) is 2.87. The highest BCUT2D eigenvalue weighted by Crippen LogP contribution is 2.18. The van der Waals surface area contributed by atoms with Crippen LogP contribution in [-0.4, -0.2) is 37.7 Å². The summed E-state index contributed by atoms with van der Waals surface area (Å²) in [5.74, 6) is -0.674. The Balaban J connectivity index is 0.00000280. The van der Waals surface area contributed by atoms with Gasteiger partial charge in [0.1, 0.15) is 12.4 Å². The molecular weight excluding hydrogens is 477 g/mol. The number of para-hydroxylation sites is 1. The molecule has 0 spiro atoms. The number of aliphatic imine (C=N–C) groups is 1. The van der Waals surface area contributed by atoms with E-state index in [1.807, 2.05) is 18.3 Å². The van der Waals surface area contributed by atoms with Crippen molar-refractivity contribution in [2.75, 3.05) is 26.7 Å². The zero-order chi connectivity index (χ0) is 19.1. The number of halogens is 3. The van der Waals surface area contributed by atoms with Crippen LogP contribution in [-0.2, 0) is 6.42 Å². The van der Waals surface area contributed by atoms with Crippen molar-refractivity contribution in [3.63, 3.8) is 0 Å². The highest BCUT2D eigenvalue weighted by atomic mass is 127. The summed E-state index contributed by atoms with van der Waals surface area (Å²) in [6, 6.07) is 11.4. The topological polar surface area (TPSA) is 61.4 Å². The van der Waals surface area contributed by atoms with Crippen molar-refractivity contribution in [2.24, 2.45) is 4.99 Å². The van der Waals surface area contributed by atoms with E-state index in [4.69, 9.17) is 4.74 Å². The molecular formula is C20H23F2IN4O. The molecule has 0 aliphatic heterocycles. The van der Waals surface area contributed by atoms with Gasteiger partial charge in [0.15, 0.2) is 17.5 Å². The van der Waals surface area contributed by atoms with Crippen LogP contribution in [0.1, 0.15) is 5.56 Å². The normalized spacial score (nSPS) is 11.2. The van der Waals surface area contributed by atoms with Crippen molar-refractivity contribution in [3.05, 3.63) is 65.9 Å². The highest BCUT2D eigenvalue weighted by molar-refractivity contribution is 14.0. The van der Waals surface area contributed by atoms with Gasteiger partial charge in [0.2, 0.25) is 0 Å². The summed E-state index contributed by atoms with van der Waals surface area (Å²) in [4.78, 5) is 7.41. The Labute approximate surface area is 179 Å². The quantitative estimate of drug-likeness (QED) is 0.200. The van der Waals surface area contributed by atoms with Gasteiger partial charge in [0, 0.05) is 36.8 Å². The lowest BCUT2D eigenvalue weighted by Gasteiger charge is -2.12. The van der Waals surface area contributed by atoms with Crippen LogP contribution in [0.2, 0.25) is 0 Å². The van der Waals surface area contributed by atoms with Gasteiger partial charge in [-0.3, -0.25) is 4.99 Å². The number of hydrogen-bond acceptors (Lipinski definition) is 2. The molecule has 150 valence electrons. The molecule has 28 heavy (non-hydrogen) atoms. The first-order chi connectivity index (χ1) is 13.2. The Kier molecular flexibility index (Phi) is 8.49. The number of aromatic nitrogens is 1. The van der Waals surface area contributed by atoms with Crippen LogP contribution in [0.4, 0.5) is 8.78 Å². The van der Waals surface area contributed by atoms with E-state index in [0.29, 0.717) is 12.5 Å². The molecule has 0 saturated heterocycles. The van der Waals surface area contributed by atoms with Gasteiger partial charge in [-0.2, -0.15) is 0 Å². The van der Waals surface area contributed by atoms with E-state index in [0.717, 1.165) is 30.6 Å². The van der Waals surface area contributed by atoms with Gasteiger partial charge in [-0.25, -0.2) is 8.78 Å². The van der Waals surface area contributed by atoms with Crippen LogP contribution in [0, 0.1) is 11.6 Å². The van der Waals surface area contributed by atoms with E-state index in [-0.39, 0.29) is 36.3 Å². The van der Waals surface area contributed by atoms with Crippen LogP contribution in [0.5, 0.6) is 5.75 Å². The van der Waals surface area contributed by atoms with Gasteiger partial charge in [-0.05, 0) is 30.2 Å². The predicted molar refractivity (Wildman–Crippen MR) is 119 cm³/mol. The molecule has 0 aliphatic carbocycles. The number of rotatable bonds is 7. The number of ether oxygens (including phenoxy) is 1. The van der Waals surface area contributed by atoms with Gasteiger partial charge in [-0.1, -0.05) is 18.2 Å². The molecule has 8 heteroatoms. The Morgan fingerprint density at radius 3 is 2.68 bits per heavy atom. The Morgan fingerprint density at radius 2 is 1.89 bits per heavy atom. The molecule has 0 saturated carbocycles. The lowest BCUT2D eigenvalue weighted by Crippen LogP contribution is -2.40. The van der Waals surface area contributed by atoms with E-state index in [1.54, 1.807) is 7.05 Å². The zero-order valence-electron chi connectivity index (χ0n) is 15.5. The monoisotopic (exact) mass is 500 g/mol.